The van der Waals surface area contributed by atoms with Crippen LogP contribution in [0.5, 0.6) is 0 Å². The molecule has 0 aromatic heterocycles. The van der Waals surface area contributed by atoms with Gasteiger partial charge in [0.25, 0.3) is 0 Å². The summed E-state index contributed by atoms with van der Waals surface area (Å²) in [6.07, 6.45) is 3.70. The van der Waals surface area contributed by atoms with E-state index in [0.29, 0.717) is 19.0 Å². The van der Waals surface area contributed by atoms with Gasteiger partial charge < -0.3 is 20.7 Å². The second kappa shape index (κ2) is 8.55. The third-order valence-electron chi connectivity index (χ3n) is 4.50. The van der Waals surface area contributed by atoms with Gasteiger partial charge in [-0.2, -0.15) is 0 Å². The molecule has 0 spiro atoms. The Hall–Kier alpha value is -1.50. The van der Waals surface area contributed by atoms with Crippen molar-refractivity contribution >= 4 is 12.1 Å². The number of nitrogens with one attached hydrogen (secondary N) is 1. The molecule has 0 unspecified atom stereocenters. The van der Waals surface area contributed by atoms with E-state index in [2.05, 4.69) is 15.2 Å². The Morgan fingerprint density at radius 1 is 1.25 bits per heavy atom. The largest absolute Gasteiger partial charge is 0.444 e. The van der Waals surface area contributed by atoms with E-state index in [0.717, 1.165) is 38.6 Å². The molecular formula is C17H33N5O2. The van der Waals surface area contributed by atoms with Gasteiger partial charge in [0, 0.05) is 45.8 Å². The first-order chi connectivity index (χ1) is 11.3. The molecule has 1 heterocycles. The van der Waals surface area contributed by atoms with Gasteiger partial charge in [0.05, 0.1) is 0 Å². The predicted octanol–water partition coefficient (Wildman–Crippen LogP) is 1.24. The summed E-state index contributed by atoms with van der Waals surface area (Å²) in [5, 5.41) is 3.18. The summed E-state index contributed by atoms with van der Waals surface area (Å²) in [4.78, 5) is 20.5. The van der Waals surface area contributed by atoms with Gasteiger partial charge in [-0.3, -0.25) is 9.89 Å². The first-order valence-electron chi connectivity index (χ1n) is 9.07. The number of ether oxygens (including phenoxy) is 1. The fourth-order valence-corrected chi connectivity index (χ4v) is 2.78. The first kappa shape index (κ1) is 18.8. The minimum Gasteiger partial charge on any atom is -0.444 e. The summed E-state index contributed by atoms with van der Waals surface area (Å²) in [5.41, 5.74) is 5.45. The lowest BCUT2D eigenvalue weighted by Gasteiger charge is -2.35. The maximum atomic E-state index is 12.0. The van der Waals surface area contributed by atoms with Crippen LogP contribution in [0.3, 0.4) is 0 Å². The lowest BCUT2D eigenvalue weighted by Crippen LogP contribution is -2.51. The topological polar surface area (TPSA) is 83.2 Å². The fraction of sp³-hybridized carbons (Fsp3) is 0.882. The molecule has 0 aromatic carbocycles. The highest BCUT2D eigenvalue weighted by Crippen LogP contribution is 2.26. The number of hydrogen-bond donors (Lipinski definition) is 2. The van der Waals surface area contributed by atoms with Gasteiger partial charge in [-0.05, 0) is 39.5 Å². The van der Waals surface area contributed by atoms with Crippen LogP contribution in [-0.4, -0.2) is 73.3 Å². The van der Waals surface area contributed by atoms with Crippen molar-refractivity contribution in [1.29, 1.82) is 0 Å². The number of guanidine groups is 1. The lowest BCUT2D eigenvalue weighted by atomic mass is 9.86. The smallest absolute Gasteiger partial charge is 0.410 e. The first-order valence-corrected chi connectivity index (χ1v) is 9.07. The predicted molar refractivity (Wildman–Crippen MR) is 96.1 cm³/mol. The average Bonchev–Trinajstić information content (AvgIpc) is 2.44. The number of carbonyl (C=O) groups excluding carboxylic acids is 1. The lowest BCUT2D eigenvalue weighted by molar-refractivity contribution is 0.0147. The van der Waals surface area contributed by atoms with Crippen molar-refractivity contribution < 1.29 is 9.53 Å². The van der Waals surface area contributed by atoms with Crippen molar-refractivity contribution in [1.82, 2.24) is 15.1 Å². The van der Waals surface area contributed by atoms with Crippen LogP contribution in [0.2, 0.25) is 0 Å². The van der Waals surface area contributed by atoms with E-state index in [4.69, 9.17) is 10.5 Å². The van der Waals surface area contributed by atoms with Gasteiger partial charge >= 0.3 is 6.09 Å². The second-order valence-electron chi connectivity index (χ2n) is 7.76. The standard InChI is InChI=1S/C17H33N5O2/c1-17(2,3)24-16(23)22-11-9-21(10-12-22)8-7-19-15(18)20-13-14-5-4-6-14/h14H,4-13H2,1-3H3,(H3,18,19,20). The Kier molecular flexibility index (Phi) is 6.71. The van der Waals surface area contributed by atoms with Crippen LogP contribution in [0.25, 0.3) is 0 Å². The zero-order valence-electron chi connectivity index (χ0n) is 15.4. The van der Waals surface area contributed by atoms with E-state index >= 15 is 0 Å². The zero-order chi connectivity index (χ0) is 17.6. The van der Waals surface area contributed by atoms with Crippen molar-refractivity contribution in [2.45, 2.75) is 45.6 Å². The van der Waals surface area contributed by atoms with E-state index in [1.54, 1.807) is 4.90 Å². The molecule has 138 valence electrons. The number of rotatable bonds is 5. The Balaban J connectivity index is 1.58. The van der Waals surface area contributed by atoms with E-state index in [9.17, 15) is 4.79 Å². The molecule has 0 radical (unpaired) electrons. The van der Waals surface area contributed by atoms with Crippen molar-refractivity contribution in [3.05, 3.63) is 0 Å². The molecule has 7 heteroatoms. The average molecular weight is 339 g/mol. The highest BCUT2D eigenvalue weighted by Gasteiger charge is 2.25. The van der Waals surface area contributed by atoms with E-state index in [1.807, 2.05) is 20.8 Å². The number of carbonyl (C=O) groups is 1. The number of piperazine rings is 1. The summed E-state index contributed by atoms with van der Waals surface area (Å²) < 4.78 is 5.41. The second-order valence-corrected chi connectivity index (χ2v) is 7.76. The van der Waals surface area contributed by atoms with E-state index in [1.165, 1.54) is 19.3 Å². The van der Waals surface area contributed by atoms with Crippen LogP contribution < -0.4 is 11.1 Å². The summed E-state index contributed by atoms with van der Waals surface area (Å²) in [5.74, 6) is 1.29. The molecule has 2 aliphatic rings. The van der Waals surface area contributed by atoms with Crippen LogP contribution in [0.4, 0.5) is 4.79 Å². The molecule has 24 heavy (non-hydrogen) atoms. The minimum atomic E-state index is -0.436. The molecule has 7 nitrogen and oxygen atoms in total. The normalized spacial score (nSPS) is 20.6. The molecule has 1 aliphatic carbocycles. The van der Waals surface area contributed by atoms with Gasteiger partial charge in [-0.15, -0.1) is 0 Å². The number of amides is 1. The van der Waals surface area contributed by atoms with Crippen LogP contribution in [0, 0.1) is 5.92 Å². The summed E-state index contributed by atoms with van der Waals surface area (Å²) in [6, 6.07) is 0. The van der Waals surface area contributed by atoms with E-state index in [-0.39, 0.29) is 6.09 Å². The SMILES string of the molecule is CC(C)(C)OC(=O)N1CCN(CCNC(N)=NCC2CCC2)CC1. The molecule has 0 bridgehead atoms. The van der Waals surface area contributed by atoms with Crippen molar-refractivity contribution in [2.24, 2.45) is 16.6 Å². The molecular weight excluding hydrogens is 306 g/mol. The molecule has 1 amide bonds. The zero-order valence-corrected chi connectivity index (χ0v) is 15.4. The maximum absolute atomic E-state index is 12.0. The van der Waals surface area contributed by atoms with Gasteiger partial charge in [-0.1, -0.05) is 6.42 Å². The molecule has 3 N–H and O–H groups in total. The molecule has 1 saturated heterocycles. The van der Waals surface area contributed by atoms with Gasteiger partial charge in [0.1, 0.15) is 5.60 Å². The molecule has 1 saturated carbocycles. The van der Waals surface area contributed by atoms with Gasteiger partial charge in [0.15, 0.2) is 5.96 Å². The number of hydrogen-bond acceptors (Lipinski definition) is 4. The molecule has 0 aromatic rings. The summed E-state index contributed by atoms with van der Waals surface area (Å²) >= 11 is 0. The van der Waals surface area contributed by atoms with E-state index < -0.39 is 5.60 Å². The Morgan fingerprint density at radius 2 is 1.92 bits per heavy atom. The highest BCUT2D eigenvalue weighted by atomic mass is 16.6. The summed E-state index contributed by atoms with van der Waals surface area (Å²) in [6.45, 7) is 11.4. The maximum Gasteiger partial charge on any atom is 0.410 e. The molecule has 1 aliphatic heterocycles. The molecule has 2 rings (SSSR count). The van der Waals surface area contributed by atoms with Crippen molar-refractivity contribution in [3.63, 3.8) is 0 Å². The Bertz CT molecular complexity index is 435. The third kappa shape index (κ3) is 6.55. The van der Waals surface area contributed by atoms with Gasteiger partial charge in [0.2, 0.25) is 0 Å². The molecule has 0 atom stereocenters. The Morgan fingerprint density at radius 3 is 2.46 bits per heavy atom. The van der Waals surface area contributed by atoms with Gasteiger partial charge in [-0.25, -0.2) is 4.79 Å². The van der Waals surface area contributed by atoms with Crippen LogP contribution >= 0.6 is 0 Å². The number of nitrogens with zero attached hydrogens (tertiary/aromatic N) is 3. The summed E-state index contributed by atoms with van der Waals surface area (Å²) in [7, 11) is 0. The molecule has 2 fully saturated rings. The van der Waals surface area contributed by atoms with Crippen LogP contribution in [-0.2, 0) is 4.74 Å². The number of aliphatic imine (C=N–C) groups is 1. The Labute approximate surface area is 145 Å². The van der Waals surface area contributed by atoms with Crippen LogP contribution in [0.1, 0.15) is 40.0 Å². The monoisotopic (exact) mass is 339 g/mol. The quantitative estimate of drug-likeness (QED) is 0.582. The third-order valence-corrected chi connectivity index (χ3v) is 4.50. The minimum absolute atomic E-state index is 0.215. The van der Waals surface area contributed by atoms with Crippen LogP contribution in [0.15, 0.2) is 4.99 Å². The highest BCUT2D eigenvalue weighted by molar-refractivity contribution is 5.77. The van der Waals surface area contributed by atoms with Crippen molar-refractivity contribution in [3.8, 4) is 0 Å². The fourth-order valence-electron chi connectivity index (χ4n) is 2.78. The number of nitrogens with two attached hydrogens (primary N) is 1. The van der Waals surface area contributed by atoms with Crippen molar-refractivity contribution in [2.75, 3.05) is 45.8 Å².